The smallest absolute Gasteiger partial charge is 0.226 e. The number of carbonyl (C=O) groups is 2. The number of anilines is 1. The third kappa shape index (κ3) is 3.90. The standard InChI is InChI=1S/C16H21NO3/c1-11-6-7-13(12(2)18)9-15(11)17-16(19)10-14-5-3-4-8-20-14/h6-7,9,14H,3-5,8,10H2,1-2H3,(H,17,19). The molecule has 1 unspecified atom stereocenters. The lowest BCUT2D eigenvalue weighted by Crippen LogP contribution is -2.25. The second-order valence-corrected chi connectivity index (χ2v) is 5.33. The van der Waals surface area contributed by atoms with E-state index in [1.165, 1.54) is 6.92 Å². The molecule has 0 spiro atoms. The van der Waals surface area contributed by atoms with E-state index < -0.39 is 0 Å². The molecule has 1 N–H and O–H groups in total. The topological polar surface area (TPSA) is 55.4 Å². The van der Waals surface area contributed by atoms with Gasteiger partial charge < -0.3 is 10.1 Å². The molecule has 4 nitrogen and oxygen atoms in total. The Labute approximate surface area is 119 Å². The van der Waals surface area contributed by atoms with Gasteiger partial charge in [-0.2, -0.15) is 0 Å². The van der Waals surface area contributed by atoms with E-state index in [1.807, 2.05) is 13.0 Å². The van der Waals surface area contributed by atoms with Gasteiger partial charge in [0.1, 0.15) is 0 Å². The second kappa shape index (κ2) is 6.66. The maximum atomic E-state index is 12.0. The van der Waals surface area contributed by atoms with E-state index in [1.54, 1.807) is 12.1 Å². The van der Waals surface area contributed by atoms with Crippen molar-refractivity contribution in [2.24, 2.45) is 0 Å². The molecule has 1 amide bonds. The predicted molar refractivity (Wildman–Crippen MR) is 78.0 cm³/mol. The van der Waals surface area contributed by atoms with Gasteiger partial charge in [-0.15, -0.1) is 0 Å². The Morgan fingerprint density at radius 3 is 2.80 bits per heavy atom. The maximum absolute atomic E-state index is 12.0. The van der Waals surface area contributed by atoms with Crippen LogP contribution >= 0.6 is 0 Å². The molecule has 0 radical (unpaired) electrons. The van der Waals surface area contributed by atoms with Gasteiger partial charge in [-0.25, -0.2) is 0 Å². The first kappa shape index (κ1) is 14.7. The minimum absolute atomic E-state index is 0.00360. The molecular weight excluding hydrogens is 254 g/mol. The van der Waals surface area contributed by atoms with Crippen molar-refractivity contribution in [1.82, 2.24) is 0 Å². The molecule has 2 rings (SSSR count). The second-order valence-electron chi connectivity index (χ2n) is 5.33. The third-order valence-electron chi connectivity index (χ3n) is 3.61. The molecule has 0 aliphatic carbocycles. The number of carbonyl (C=O) groups excluding carboxylic acids is 2. The molecule has 1 atom stereocenters. The number of Topliss-reactive ketones (excluding diaryl/α,β-unsaturated/α-hetero) is 1. The summed E-state index contributed by atoms with van der Waals surface area (Å²) in [6.07, 6.45) is 3.55. The summed E-state index contributed by atoms with van der Waals surface area (Å²) in [6.45, 7) is 4.18. The summed E-state index contributed by atoms with van der Waals surface area (Å²) in [6, 6.07) is 5.36. The van der Waals surface area contributed by atoms with Crippen molar-refractivity contribution in [3.05, 3.63) is 29.3 Å². The first-order chi connectivity index (χ1) is 9.56. The van der Waals surface area contributed by atoms with Crippen LogP contribution in [0.2, 0.25) is 0 Å². The molecule has 0 aromatic heterocycles. The van der Waals surface area contributed by atoms with Gasteiger partial charge in [-0.1, -0.05) is 12.1 Å². The van der Waals surface area contributed by atoms with Gasteiger partial charge in [-0.05, 0) is 44.7 Å². The Morgan fingerprint density at radius 1 is 1.35 bits per heavy atom. The number of hydrogen-bond acceptors (Lipinski definition) is 3. The van der Waals surface area contributed by atoms with Gasteiger partial charge in [0.05, 0.1) is 12.5 Å². The van der Waals surface area contributed by atoms with E-state index >= 15 is 0 Å². The Bertz CT molecular complexity index is 504. The van der Waals surface area contributed by atoms with Crippen LogP contribution < -0.4 is 5.32 Å². The van der Waals surface area contributed by atoms with E-state index in [4.69, 9.17) is 4.74 Å². The largest absolute Gasteiger partial charge is 0.378 e. The minimum Gasteiger partial charge on any atom is -0.378 e. The number of ether oxygens (including phenoxy) is 1. The van der Waals surface area contributed by atoms with Gasteiger partial charge in [0.25, 0.3) is 0 Å². The molecule has 1 fully saturated rings. The van der Waals surface area contributed by atoms with Crippen molar-refractivity contribution in [3.63, 3.8) is 0 Å². The van der Waals surface area contributed by atoms with Gasteiger partial charge >= 0.3 is 0 Å². The lowest BCUT2D eigenvalue weighted by Gasteiger charge is -2.22. The fourth-order valence-electron chi connectivity index (χ4n) is 2.35. The number of nitrogens with one attached hydrogen (secondary N) is 1. The summed E-state index contributed by atoms with van der Waals surface area (Å²) in [7, 11) is 0. The highest BCUT2D eigenvalue weighted by molar-refractivity contribution is 5.97. The SMILES string of the molecule is CC(=O)c1ccc(C)c(NC(=O)CC2CCCCO2)c1. The number of amides is 1. The van der Waals surface area contributed by atoms with Gasteiger partial charge in [0.15, 0.2) is 5.78 Å². The van der Waals surface area contributed by atoms with Gasteiger partial charge in [0.2, 0.25) is 5.91 Å². The highest BCUT2D eigenvalue weighted by Gasteiger charge is 2.18. The monoisotopic (exact) mass is 275 g/mol. The van der Waals surface area contributed by atoms with Crippen LogP contribution in [0.5, 0.6) is 0 Å². The zero-order valence-electron chi connectivity index (χ0n) is 12.1. The lowest BCUT2D eigenvalue weighted by atomic mass is 10.0. The predicted octanol–water partition coefficient (Wildman–Crippen LogP) is 3.10. The van der Waals surface area contributed by atoms with Crippen molar-refractivity contribution in [2.75, 3.05) is 11.9 Å². The normalized spacial score (nSPS) is 18.6. The summed E-state index contributed by atoms with van der Waals surface area (Å²) < 4.78 is 5.56. The summed E-state index contributed by atoms with van der Waals surface area (Å²) in [4.78, 5) is 23.4. The number of aryl methyl sites for hydroxylation is 1. The van der Waals surface area contributed by atoms with E-state index in [-0.39, 0.29) is 17.8 Å². The van der Waals surface area contributed by atoms with Crippen LogP contribution in [0.3, 0.4) is 0 Å². The van der Waals surface area contributed by atoms with Crippen LogP contribution in [0.25, 0.3) is 0 Å². The summed E-state index contributed by atoms with van der Waals surface area (Å²) in [5, 5.41) is 2.88. The third-order valence-corrected chi connectivity index (χ3v) is 3.61. The Hall–Kier alpha value is -1.68. The van der Waals surface area contributed by atoms with Crippen LogP contribution in [0.4, 0.5) is 5.69 Å². The minimum atomic E-state index is -0.0549. The van der Waals surface area contributed by atoms with Crippen LogP contribution in [0, 0.1) is 6.92 Å². The van der Waals surface area contributed by atoms with Crippen molar-refractivity contribution in [3.8, 4) is 0 Å². The molecule has 0 bridgehead atoms. The van der Waals surface area contributed by atoms with E-state index in [2.05, 4.69) is 5.32 Å². The molecule has 108 valence electrons. The highest BCUT2D eigenvalue weighted by Crippen LogP contribution is 2.20. The quantitative estimate of drug-likeness (QED) is 0.859. The van der Waals surface area contributed by atoms with E-state index in [0.29, 0.717) is 17.7 Å². The van der Waals surface area contributed by atoms with Crippen LogP contribution in [-0.2, 0) is 9.53 Å². The number of benzene rings is 1. The molecule has 1 aliphatic heterocycles. The van der Waals surface area contributed by atoms with Crippen molar-refractivity contribution < 1.29 is 14.3 Å². The van der Waals surface area contributed by atoms with Crippen molar-refractivity contribution in [1.29, 1.82) is 0 Å². The first-order valence-corrected chi connectivity index (χ1v) is 7.09. The van der Waals surface area contributed by atoms with Crippen LogP contribution in [0.1, 0.15) is 48.5 Å². The van der Waals surface area contributed by atoms with Crippen molar-refractivity contribution in [2.45, 2.75) is 45.6 Å². The average Bonchev–Trinajstić information content (AvgIpc) is 2.42. The number of ketones is 1. The number of hydrogen-bond donors (Lipinski definition) is 1. The van der Waals surface area contributed by atoms with Gasteiger partial charge in [-0.3, -0.25) is 9.59 Å². The molecular formula is C16H21NO3. The average molecular weight is 275 g/mol. The maximum Gasteiger partial charge on any atom is 0.226 e. The van der Waals surface area contributed by atoms with E-state index in [9.17, 15) is 9.59 Å². The van der Waals surface area contributed by atoms with E-state index in [0.717, 1.165) is 31.4 Å². The zero-order valence-corrected chi connectivity index (χ0v) is 12.1. The Balaban J connectivity index is 1.99. The lowest BCUT2D eigenvalue weighted by molar-refractivity contribution is -0.119. The molecule has 20 heavy (non-hydrogen) atoms. The molecule has 1 aliphatic rings. The molecule has 0 saturated carbocycles. The van der Waals surface area contributed by atoms with Crippen molar-refractivity contribution >= 4 is 17.4 Å². The Morgan fingerprint density at radius 2 is 2.15 bits per heavy atom. The molecule has 1 saturated heterocycles. The molecule has 4 heteroatoms. The number of rotatable bonds is 4. The van der Waals surface area contributed by atoms with Gasteiger partial charge in [0, 0.05) is 17.9 Å². The first-order valence-electron chi connectivity index (χ1n) is 7.09. The summed E-state index contributed by atoms with van der Waals surface area (Å²) >= 11 is 0. The fraction of sp³-hybridized carbons (Fsp3) is 0.500. The Kier molecular flexibility index (Phi) is 4.90. The zero-order chi connectivity index (χ0) is 14.5. The molecule has 1 heterocycles. The molecule has 1 aromatic rings. The summed E-state index contributed by atoms with van der Waals surface area (Å²) in [5.74, 6) is -0.0585. The highest BCUT2D eigenvalue weighted by atomic mass is 16.5. The molecule has 1 aromatic carbocycles. The van der Waals surface area contributed by atoms with Crippen LogP contribution in [-0.4, -0.2) is 24.4 Å². The summed E-state index contributed by atoms with van der Waals surface area (Å²) in [5.41, 5.74) is 2.27. The van der Waals surface area contributed by atoms with Crippen LogP contribution in [0.15, 0.2) is 18.2 Å². The fourth-order valence-corrected chi connectivity index (χ4v) is 2.35.